The van der Waals surface area contributed by atoms with Gasteiger partial charge in [-0.1, -0.05) is 12.2 Å². The van der Waals surface area contributed by atoms with Crippen molar-refractivity contribution in [3.63, 3.8) is 0 Å². The van der Waals surface area contributed by atoms with E-state index in [1.54, 1.807) is 14.2 Å². The molecule has 0 saturated heterocycles. The highest BCUT2D eigenvalue weighted by Crippen LogP contribution is 2.20. The highest BCUT2D eigenvalue weighted by molar-refractivity contribution is 7.80. The van der Waals surface area contributed by atoms with Crippen molar-refractivity contribution in [3.05, 3.63) is 29.3 Å². The molecule has 0 atom stereocenters. The quantitative estimate of drug-likeness (QED) is 0.497. The van der Waals surface area contributed by atoms with Crippen LogP contribution in [0.4, 0.5) is 0 Å². The van der Waals surface area contributed by atoms with Crippen LogP contribution < -0.4 is 10.5 Å². The maximum absolute atomic E-state index is 5.63. The third kappa shape index (κ3) is 6.86. The van der Waals surface area contributed by atoms with E-state index < -0.39 is 0 Å². The Morgan fingerprint density at radius 1 is 1.10 bits per heavy atom. The second kappa shape index (κ2) is 10.5. The van der Waals surface area contributed by atoms with Crippen LogP contribution in [0.25, 0.3) is 0 Å². The average Bonchev–Trinajstić information content (AvgIpc) is 2.49. The van der Waals surface area contributed by atoms with Gasteiger partial charge in [-0.25, -0.2) is 0 Å². The third-order valence-electron chi connectivity index (χ3n) is 2.83. The van der Waals surface area contributed by atoms with Gasteiger partial charge in [0, 0.05) is 31.5 Å². The van der Waals surface area contributed by atoms with Gasteiger partial charge in [-0.05, 0) is 24.6 Å². The SMILES string of the molecule is COCCOCCCOCc1cc(C(N)=S)ccc1OC. The standard InChI is InChI=1S/C15H23NO4S/c1-17-8-9-19-6-3-7-20-11-13-10-12(15(16)21)4-5-14(13)18-2/h4-5,10H,3,6-9,11H2,1-2H3,(H2,16,21). The minimum Gasteiger partial charge on any atom is -0.496 e. The van der Waals surface area contributed by atoms with Crippen molar-refractivity contribution in [3.8, 4) is 5.75 Å². The van der Waals surface area contributed by atoms with Crippen LogP contribution in [-0.2, 0) is 20.8 Å². The highest BCUT2D eigenvalue weighted by atomic mass is 32.1. The van der Waals surface area contributed by atoms with Gasteiger partial charge in [0.2, 0.25) is 0 Å². The summed E-state index contributed by atoms with van der Waals surface area (Å²) in [5.74, 6) is 0.770. The van der Waals surface area contributed by atoms with E-state index in [0.717, 1.165) is 23.3 Å². The third-order valence-corrected chi connectivity index (χ3v) is 3.07. The van der Waals surface area contributed by atoms with E-state index in [1.165, 1.54) is 0 Å². The summed E-state index contributed by atoms with van der Waals surface area (Å²) in [6, 6.07) is 5.59. The Hall–Kier alpha value is -1.21. The fraction of sp³-hybridized carbons (Fsp3) is 0.533. The normalized spacial score (nSPS) is 10.6. The number of thiocarbonyl (C=S) groups is 1. The van der Waals surface area contributed by atoms with Crippen LogP contribution in [-0.4, -0.2) is 45.6 Å². The van der Waals surface area contributed by atoms with Gasteiger partial charge in [-0.15, -0.1) is 0 Å². The summed E-state index contributed by atoms with van der Waals surface area (Å²) in [4.78, 5) is 0.366. The fourth-order valence-corrected chi connectivity index (χ4v) is 1.86. The lowest BCUT2D eigenvalue weighted by atomic mass is 10.1. The number of methoxy groups -OCH3 is 2. The second-order valence-electron chi connectivity index (χ2n) is 4.40. The molecule has 1 aromatic rings. The van der Waals surface area contributed by atoms with Crippen LogP contribution in [0.2, 0.25) is 0 Å². The molecule has 2 N–H and O–H groups in total. The van der Waals surface area contributed by atoms with Crippen molar-refractivity contribution in [2.45, 2.75) is 13.0 Å². The van der Waals surface area contributed by atoms with E-state index in [0.29, 0.717) is 38.0 Å². The molecular formula is C15H23NO4S. The first-order chi connectivity index (χ1) is 10.2. The molecule has 0 aromatic heterocycles. The van der Waals surface area contributed by atoms with E-state index in [-0.39, 0.29) is 0 Å². The number of nitrogens with two attached hydrogens (primary N) is 1. The van der Waals surface area contributed by atoms with Gasteiger partial charge in [-0.2, -0.15) is 0 Å². The van der Waals surface area contributed by atoms with Crippen LogP contribution in [0, 0.1) is 0 Å². The summed E-state index contributed by atoms with van der Waals surface area (Å²) in [6.07, 6.45) is 0.834. The first-order valence-electron chi connectivity index (χ1n) is 6.80. The Balaban J connectivity index is 2.33. The summed E-state index contributed by atoms with van der Waals surface area (Å²) in [6.45, 7) is 2.96. The maximum atomic E-state index is 5.63. The fourth-order valence-electron chi connectivity index (χ4n) is 1.73. The zero-order valence-corrected chi connectivity index (χ0v) is 13.4. The van der Waals surface area contributed by atoms with Crippen LogP contribution in [0.5, 0.6) is 5.75 Å². The van der Waals surface area contributed by atoms with Gasteiger partial charge < -0.3 is 24.7 Å². The molecule has 0 aliphatic rings. The molecule has 118 valence electrons. The molecule has 0 unspecified atom stereocenters. The number of hydrogen-bond donors (Lipinski definition) is 1. The maximum Gasteiger partial charge on any atom is 0.124 e. The van der Waals surface area contributed by atoms with E-state index in [9.17, 15) is 0 Å². The number of rotatable bonds is 11. The minimum absolute atomic E-state index is 0.366. The van der Waals surface area contributed by atoms with E-state index in [4.69, 9.17) is 36.9 Å². The van der Waals surface area contributed by atoms with Crippen molar-refractivity contribution < 1.29 is 18.9 Å². The molecule has 0 aliphatic carbocycles. The molecule has 0 radical (unpaired) electrons. The van der Waals surface area contributed by atoms with Gasteiger partial charge in [0.15, 0.2) is 0 Å². The molecule has 0 aliphatic heterocycles. The van der Waals surface area contributed by atoms with Gasteiger partial charge >= 0.3 is 0 Å². The lowest BCUT2D eigenvalue weighted by Gasteiger charge is -2.11. The van der Waals surface area contributed by atoms with Crippen LogP contribution in [0.3, 0.4) is 0 Å². The molecule has 0 spiro atoms. The van der Waals surface area contributed by atoms with Crippen molar-refractivity contribution in [1.29, 1.82) is 0 Å². The molecule has 0 heterocycles. The molecule has 1 aromatic carbocycles. The molecular weight excluding hydrogens is 290 g/mol. The Morgan fingerprint density at radius 3 is 2.52 bits per heavy atom. The lowest BCUT2D eigenvalue weighted by Crippen LogP contribution is -2.10. The predicted molar refractivity (Wildman–Crippen MR) is 85.8 cm³/mol. The zero-order chi connectivity index (χ0) is 15.5. The molecule has 0 fully saturated rings. The summed E-state index contributed by atoms with van der Waals surface area (Å²) >= 11 is 4.98. The molecule has 0 amide bonds. The van der Waals surface area contributed by atoms with E-state index in [1.807, 2.05) is 18.2 Å². The highest BCUT2D eigenvalue weighted by Gasteiger charge is 2.06. The summed E-state index contributed by atoms with van der Waals surface area (Å²) in [7, 11) is 3.28. The number of benzene rings is 1. The van der Waals surface area contributed by atoms with Crippen LogP contribution in [0.1, 0.15) is 17.5 Å². The molecule has 5 nitrogen and oxygen atoms in total. The summed E-state index contributed by atoms with van der Waals surface area (Å²) < 4.78 is 21.2. The van der Waals surface area contributed by atoms with Crippen LogP contribution >= 0.6 is 12.2 Å². The average molecular weight is 313 g/mol. The first-order valence-corrected chi connectivity index (χ1v) is 7.21. The monoisotopic (exact) mass is 313 g/mol. The first kappa shape index (κ1) is 17.8. The topological polar surface area (TPSA) is 62.9 Å². The molecule has 0 saturated carbocycles. The number of ether oxygens (including phenoxy) is 4. The van der Waals surface area contributed by atoms with Gasteiger partial charge in [0.25, 0.3) is 0 Å². The predicted octanol–water partition coefficient (Wildman–Crippen LogP) is 1.90. The molecule has 6 heteroatoms. The summed E-state index contributed by atoms with van der Waals surface area (Å²) in [5.41, 5.74) is 7.38. The Labute approximate surface area is 131 Å². The Bertz CT molecular complexity index is 440. The van der Waals surface area contributed by atoms with Crippen LogP contribution in [0.15, 0.2) is 18.2 Å². The Morgan fingerprint density at radius 2 is 1.86 bits per heavy atom. The van der Waals surface area contributed by atoms with Crippen molar-refractivity contribution in [1.82, 2.24) is 0 Å². The van der Waals surface area contributed by atoms with Gasteiger partial charge in [0.05, 0.1) is 26.9 Å². The van der Waals surface area contributed by atoms with E-state index >= 15 is 0 Å². The van der Waals surface area contributed by atoms with E-state index in [2.05, 4.69) is 0 Å². The molecule has 21 heavy (non-hydrogen) atoms. The van der Waals surface area contributed by atoms with Crippen molar-refractivity contribution >= 4 is 17.2 Å². The largest absolute Gasteiger partial charge is 0.496 e. The lowest BCUT2D eigenvalue weighted by molar-refractivity contribution is 0.0480. The molecule has 0 bridgehead atoms. The minimum atomic E-state index is 0.366. The second-order valence-corrected chi connectivity index (χ2v) is 4.84. The smallest absolute Gasteiger partial charge is 0.124 e. The Kier molecular flexibility index (Phi) is 8.93. The van der Waals surface area contributed by atoms with Gasteiger partial charge in [-0.3, -0.25) is 0 Å². The van der Waals surface area contributed by atoms with Crippen molar-refractivity contribution in [2.24, 2.45) is 5.73 Å². The number of hydrogen-bond acceptors (Lipinski definition) is 5. The van der Waals surface area contributed by atoms with Gasteiger partial charge in [0.1, 0.15) is 10.7 Å². The molecule has 1 rings (SSSR count). The zero-order valence-electron chi connectivity index (χ0n) is 12.6. The van der Waals surface area contributed by atoms with Crippen molar-refractivity contribution in [2.75, 3.05) is 40.6 Å². The summed E-state index contributed by atoms with van der Waals surface area (Å²) in [5, 5.41) is 0.